The largest absolute Gasteiger partial charge is 0.460 e. The first-order valence-corrected chi connectivity index (χ1v) is 5.78. The van der Waals surface area contributed by atoms with Gasteiger partial charge in [0.05, 0.1) is 5.38 Å². The third kappa shape index (κ3) is 2.18. The first kappa shape index (κ1) is 10.6. The number of fused-ring (bicyclic) bond motifs is 1. The third-order valence-electron chi connectivity index (χ3n) is 2.54. The molecule has 1 aromatic carbocycles. The van der Waals surface area contributed by atoms with Crippen molar-refractivity contribution in [2.75, 3.05) is 0 Å². The fourth-order valence-electron chi connectivity index (χ4n) is 1.73. The molecule has 80 valence electrons. The molecule has 15 heavy (non-hydrogen) atoms. The van der Waals surface area contributed by atoms with E-state index in [0.29, 0.717) is 0 Å². The predicted octanol–water partition coefficient (Wildman–Crippen LogP) is 4.82. The molecule has 0 saturated carbocycles. The van der Waals surface area contributed by atoms with Crippen molar-refractivity contribution in [1.82, 2.24) is 0 Å². The van der Waals surface area contributed by atoms with Gasteiger partial charge in [-0.3, -0.25) is 0 Å². The molecule has 2 heteroatoms. The molecule has 0 fully saturated rings. The molecule has 0 radical (unpaired) electrons. The van der Waals surface area contributed by atoms with Crippen molar-refractivity contribution in [1.29, 1.82) is 0 Å². The van der Waals surface area contributed by atoms with Crippen LogP contribution in [0, 0.1) is 6.92 Å². The number of hydrogen-bond acceptors (Lipinski definition) is 1. The maximum Gasteiger partial charge on any atom is 0.134 e. The Bertz CT molecular complexity index is 459. The minimum atomic E-state index is 0.00251. The standard InChI is InChI=1S/C13H15ClO/c1-3-4-11(14)13-8-10-7-9(2)5-6-12(10)15-13/h5-8,11H,3-4H2,1-2H3. The van der Waals surface area contributed by atoms with E-state index in [0.717, 1.165) is 29.6 Å². The van der Waals surface area contributed by atoms with Crippen molar-refractivity contribution >= 4 is 22.6 Å². The van der Waals surface area contributed by atoms with Crippen LogP contribution in [0.3, 0.4) is 0 Å². The van der Waals surface area contributed by atoms with Crippen molar-refractivity contribution in [3.05, 3.63) is 35.6 Å². The SMILES string of the molecule is CCCC(Cl)c1cc2cc(C)ccc2o1. The fraction of sp³-hybridized carbons (Fsp3) is 0.385. The summed E-state index contributed by atoms with van der Waals surface area (Å²) in [5.74, 6) is 0.888. The van der Waals surface area contributed by atoms with E-state index < -0.39 is 0 Å². The van der Waals surface area contributed by atoms with E-state index in [2.05, 4.69) is 32.0 Å². The summed E-state index contributed by atoms with van der Waals surface area (Å²) in [6, 6.07) is 8.23. The van der Waals surface area contributed by atoms with E-state index in [9.17, 15) is 0 Å². The lowest BCUT2D eigenvalue weighted by Crippen LogP contribution is -1.85. The number of furan rings is 1. The van der Waals surface area contributed by atoms with E-state index in [1.165, 1.54) is 5.56 Å². The molecule has 0 aliphatic rings. The topological polar surface area (TPSA) is 13.1 Å². The number of rotatable bonds is 3. The van der Waals surface area contributed by atoms with Crippen LogP contribution in [0.4, 0.5) is 0 Å². The van der Waals surface area contributed by atoms with Gasteiger partial charge in [-0.05, 0) is 31.5 Å². The molecule has 0 N–H and O–H groups in total. The van der Waals surface area contributed by atoms with Crippen LogP contribution in [0.1, 0.15) is 36.5 Å². The van der Waals surface area contributed by atoms with Gasteiger partial charge in [-0.2, -0.15) is 0 Å². The number of aryl methyl sites for hydroxylation is 1. The molecule has 1 unspecified atom stereocenters. The zero-order chi connectivity index (χ0) is 10.8. The summed E-state index contributed by atoms with van der Waals surface area (Å²) < 4.78 is 5.71. The summed E-state index contributed by atoms with van der Waals surface area (Å²) in [5, 5.41) is 1.15. The Kier molecular flexibility index (Phi) is 3.01. The van der Waals surface area contributed by atoms with Gasteiger partial charge in [0.25, 0.3) is 0 Å². The first-order valence-electron chi connectivity index (χ1n) is 5.35. The zero-order valence-corrected chi connectivity index (χ0v) is 9.84. The Morgan fingerprint density at radius 1 is 1.33 bits per heavy atom. The van der Waals surface area contributed by atoms with E-state index in [-0.39, 0.29) is 5.38 Å². The molecule has 0 amide bonds. The van der Waals surface area contributed by atoms with Gasteiger partial charge in [0, 0.05) is 5.39 Å². The van der Waals surface area contributed by atoms with Crippen LogP contribution in [0.15, 0.2) is 28.7 Å². The molecule has 1 aromatic heterocycles. The molecule has 0 aliphatic heterocycles. The van der Waals surface area contributed by atoms with Crippen LogP contribution in [0.25, 0.3) is 11.0 Å². The van der Waals surface area contributed by atoms with E-state index in [1.54, 1.807) is 0 Å². The minimum Gasteiger partial charge on any atom is -0.460 e. The van der Waals surface area contributed by atoms with Gasteiger partial charge in [0.2, 0.25) is 0 Å². The first-order chi connectivity index (χ1) is 7.20. The van der Waals surface area contributed by atoms with Gasteiger partial charge >= 0.3 is 0 Å². The lowest BCUT2D eigenvalue weighted by Gasteiger charge is -2.02. The Morgan fingerprint density at radius 3 is 2.87 bits per heavy atom. The predicted molar refractivity (Wildman–Crippen MR) is 64.5 cm³/mol. The number of hydrogen-bond donors (Lipinski definition) is 0. The molecule has 1 heterocycles. The normalized spacial score (nSPS) is 13.3. The van der Waals surface area contributed by atoms with Crippen molar-refractivity contribution in [3.8, 4) is 0 Å². The summed E-state index contributed by atoms with van der Waals surface area (Å²) in [7, 11) is 0. The summed E-state index contributed by atoms with van der Waals surface area (Å²) in [5.41, 5.74) is 2.17. The van der Waals surface area contributed by atoms with Gasteiger partial charge in [-0.25, -0.2) is 0 Å². The van der Waals surface area contributed by atoms with Crippen molar-refractivity contribution in [3.63, 3.8) is 0 Å². The van der Waals surface area contributed by atoms with Crippen LogP contribution in [0.2, 0.25) is 0 Å². The number of alkyl halides is 1. The molecule has 0 saturated heterocycles. The molecule has 1 atom stereocenters. The quantitative estimate of drug-likeness (QED) is 0.679. The van der Waals surface area contributed by atoms with E-state index >= 15 is 0 Å². The highest BCUT2D eigenvalue weighted by molar-refractivity contribution is 6.20. The average molecular weight is 223 g/mol. The molecule has 1 nitrogen and oxygen atoms in total. The molecular formula is C13H15ClO. The Morgan fingerprint density at radius 2 is 2.13 bits per heavy atom. The van der Waals surface area contributed by atoms with Gasteiger partial charge in [-0.15, -0.1) is 11.6 Å². The van der Waals surface area contributed by atoms with Crippen molar-refractivity contribution in [2.24, 2.45) is 0 Å². The average Bonchev–Trinajstić information content (AvgIpc) is 2.60. The summed E-state index contributed by atoms with van der Waals surface area (Å²) in [4.78, 5) is 0. The third-order valence-corrected chi connectivity index (χ3v) is 2.97. The van der Waals surface area contributed by atoms with Gasteiger partial charge in [-0.1, -0.05) is 25.0 Å². The van der Waals surface area contributed by atoms with Crippen LogP contribution in [0.5, 0.6) is 0 Å². The lowest BCUT2D eigenvalue weighted by molar-refractivity contribution is 0.528. The zero-order valence-electron chi connectivity index (χ0n) is 9.09. The molecule has 0 spiro atoms. The Hall–Kier alpha value is -0.950. The smallest absolute Gasteiger partial charge is 0.134 e. The fourth-order valence-corrected chi connectivity index (χ4v) is 2.06. The Balaban J connectivity index is 2.38. The maximum absolute atomic E-state index is 6.22. The second kappa shape index (κ2) is 4.28. The van der Waals surface area contributed by atoms with E-state index in [4.69, 9.17) is 16.0 Å². The minimum absolute atomic E-state index is 0.00251. The van der Waals surface area contributed by atoms with Crippen LogP contribution in [-0.2, 0) is 0 Å². The molecule has 0 bridgehead atoms. The van der Waals surface area contributed by atoms with E-state index in [1.807, 2.05) is 6.07 Å². The molecule has 2 aromatic rings. The lowest BCUT2D eigenvalue weighted by atomic mass is 10.1. The highest BCUT2D eigenvalue weighted by Crippen LogP contribution is 2.31. The molecule has 0 aliphatic carbocycles. The molecule has 2 rings (SSSR count). The van der Waals surface area contributed by atoms with Gasteiger partial charge in [0.1, 0.15) is 11.3 Å². The maximum atomic E-state index is 6.22. The van der Waals surface area contributed by atoms with Gasteiger partial charge < -0.3 is 4.42 Å². The van der Waals surface area contributed by atoms with Gasteiger partial charge in [0.15, 0.2) is 0 Å². The Labute approximate surface area is 95.0 Å². The van der Waals surface area contributed by atoms with Crippen LogP contribution < -0.4 is 0 Å². The summed E-state index contributed by atoms with van der Waals surface area (Å²) >= 11 is 6.22. The summed E-state index contributed by atoms with van der Waals surface area (Å²) in [6.07, 6.45) is 2.03. The number of benzene rings is 1. The van der Waals surface area contributed by atoms with Crippen LogP contribution >= 0.6 is 11.6 Å². The monoisotopic (exact) mass is 222 g/mol. The molecular weight excluding hydrogens is 208 g/mol. The van der Waals surface area contributed by atoms with Crippen molar-refractivity contribution < 1.29 is 4.42 Å². The van der Waals surface area contributed by atoms with Crippen molar-refractivity contribution in [2.45, 2.75) is 32.1 Å². The highest BCUT2D eigenvalue weighted by Gasteiger charge is 2.12. The highest BCUT2D eigenvalue weighted by atomic mass is 35.5. The second-order valence-corrected chi connectivity index (χ2v) is 4.47. The summed E-state index contributed by atoms with van der Waals surface area (Å²) in [6.45, 7) is 4.21. The van der Waals surface area contributed by atoms with Crippen LogP contribution in [-0.4, -0.2) is 0 Å². The second-order valence-electron chi connectivity index (χ2n) is 3.95. The number of halogens is 1.